The molecule has 2 nitrogen and oxygen atoms in total. The van der Waals surface area contributed by atoms with Crippen LogP contribution in [0.5, 0.6) is 0 Å². The molecule has 0 aliphatic heterocycles. The normalized spacial score (nSPS) is 13.2. The lowest BCUT2D eigenvalue weighted by Gasteiger charge is -2.22. The van der Waals surface area contributed by atoms with Crippen LogP contribution in [0.2, 0.25) is 0 Å². The lowest BCUT2D eigenvalue weighted by atomic mass is 9.90. The third kappa shape index (κ3) is 6.01. The van der Waals surface area contributed by atoms with Gasteiger partial charge in [0.05, 0.1) is 5.38 Å². The van der Waals surface area contributed by atoms with Crippen molar-refractivity contribution in [1.29, 1.82) is 0 Å². The standard InChI is InChI=1S/C14H18ClF2NO/c1-14(2,3)7-10(15)8-18-13(19)9-4-11(16)6-12(17)5-9/h4-6,10H,7-8H2,1-3H3,(H,18,19). The monoisotopic (exact) mass is 289 g/mol. The summed E-state index contributed by atoms with van der Waals surface area (Å²) in [5.41, 5.74) is 0.0133. The first-order valence-corrected chi connectivity index (χ1v) is 6.49. The number of nitrogens with one attached hydrogen (secondary N) is 1. The quantitative estimate of drug-likeness (QED) is 0.841. The predicted molar refractivity (Wildman–Crippen MR) is 72.4 cm³/mol. The van der Waals surface area contributed by atoms with Gasteiger partial charge in [0.25, 0.3) is 5.91 Å². The molecule has 0 radical (unpaired) electrons. The number of hydrogen-bond donors (Lipinski definition) is 1. The molecule has 0 bridgehead atoms. The molecular weight excluding hydrogens is 272 g/mol. The molecule has 0 aliphatic carbocycles. The maximum atomic E-state index is 13.0. The van der Waals surface area contributed by atoms with E-state index in [2.05, 4.69) is 5.32 Å². The van der Waals surface area contributed by atoms with Crippen LogP contribution in [-0.4, -0.2) is 17.8 Å². The predicted octanol–water partition coefficient (Wildman–Crippen LogP) is 3.74. The Morgan fingerprint density at radius 3 is 2.26 bits per heavy atom. The third-order valence-corrected chi connectivity index (χ3v) is 2.75. The van der Waals surface area contributed by atoms with E-state index >= 15 is 0 Å². The van der Waals surface area contributed by atoms with Gasteiger partial charge in [-0.1, -0.05) is 20.8 Å². The Morgan fingerprint density at radius 2 is 1.79 bits per heavy atom. The Hall–Kier alpha value is -1.16. The van der Waals surface area contributed by atoms with Crippen LogP contribution in [0, 0.1) is 17.0 Å². The summed E-state index contributed by atoms with van der Waals surface area (Å²) in [5.74, 6) is -2.08. The van der Waals surface area contributed by atoms with Crippen LogP contribution in [0.15, 0.2) is 18.2 Å². The molecule has 1 aromatic rings. The van der Waals surface area contributed by atoms with Crippen LogP contribution >= 0.6 is 11.6 Å². The highest BCUT2D eigenvalue weighted by Crippen LogP contribution is 2.23. The van der Waals surface area contributed by atoms with E-state index in [0.29, 0.717) is 0 Å². The first kappa shape index (κ1) is 15.9. The number of halogens is 3. The summed E-state index contributed by atoms with van der Waals surface area (Å²) in [6, 6.07) is 2.71. The fourth-order valence-corrected chi connectivity index (χ4v) is 2.27. The van der Waals surface area contributed by atoms with E-state index in [1.165, 1.54) is 0 Å². The average Bonchev–Trinajstić information content (AvgIpc) is 2.22. The van der Waals surface area contributed by atoms with Gasteiger partial charge in [0.2, 0.25) is 0 Å². The summed E-state index contributed by atoms with van der Waals surface area (Å²) in [6.07, 6.45) is 0.729. The van der Waals surface area contributed by atoms with Crippen LogP contribution in [0.25, 0.3) is 0 Å². The maximum absolute atomic E-state index is 13.0. The second kappa shape index (κ2) is 6.33. The third-order valence-electron chi connectivity index (χ3n) is 2.44. The Labute approximate surface area is 117 Å². The van der Waals surface area contributed by atoms with Crippen molar-refractivity contribution in [2.45, 2.75) is 32.6 Å². The Morgan fingerprint density at radius 1 is 1.26 bits per heavy atom. The van der Waals surface area contributed by atoms with Gasteiger partial charge in [-0.2, -0.15) is 0 Å². The smallest absolute Gasteiger partial charge is 0.251 e. The van der Waals surface area contributed by atoms with Crippen LogP contribution in [0.1, 0.15) is 37.6 Å². The number of amides is 1. The zero-order chi connectivity index (χ0) is 14.6. The van der Waals surface area contributed by atoms with Crippen LogP contribution in [-0.2, 0) is 0 Å². The van der Waals surface area contributed by atoms with Gasteiger partial charge in [0.1, 0.15) is 11.6 Å². The first-order chi connectivity index (χ1) is 8.67. The van der Waals surface area contributed by atoms with Gasteiger partial charge < -0.3 is 5.32 Å². The van der Waals surface area contributed by atoms with Gasteiger partial charge in [-0.25, -0.2) is 8.78 Å². The van der Waals surface area contributed by atoms with Crippen molar-refractivity contribution in [3.8, 4) is 0 Å². The highest BCUT2D eigenvalue weighted by Gasteiger charge is 2.18. The zero-order valence-electron chi connectivity index (χ0n) is 11.3. The lowest BCUT2D eigenvalue weighted by molar-refractivity contribution is 0.0951. The maximum Gasteiger partial charge on any atom is 0.251 e. The van der Waals surface area contributed by atoms with Crippen molar-refractivity contribution < 1.29 is 13.6 Å². The van der Waals surface area contributed by atoms with E-state index in [1.807, 2.05) is 20.8 Å². The number of carbonyl (C=O) groups is 1. The average molecular weight is 290 g/mol. The summed E-state index contributed by atoms with van der Waals surface area (Å²) < 4.78 is 25.9. The van der Waals surface area contributed by atoms with Crippen molar-refractivity contribution in [1.82, 2.24) is 5.32 Å². The summed E-state index contributed by atoms with van der Waals surface area (Å²) >= 11 is 6.10. The van der Waals surface area contributed by atoms with E-state index in [1.54, 1.807) is 0 Å². The van der Waals surface area contributed by atoms with E-state index < -0.39 is 17.5 Å². The number of carbonyl (C=O) groups excluding carboxylic acids is 1. The second-order valence-corrected chi connectivity index (χ2v) is 6.35. The van der Waals surface area contributed by atoms with E-state index in [4.69, 9.17) is 11.6 Å². The zero-order valence-corrected chi connectivity index (χ0v) is 12.0. The molecule has 0 aromatic heterocycles. The first-order valence-electron chi connectivity index (χ1n) is 6.06. The minimum Gasteiger partial charge on any atom is -0.351 e. The molecular formula is C14H18ClF2NO. The number of rotatable bonds is 4. The van der Waals surface area contributed by atoms with Gasteiger partial charge in [-0.15, -0.1) is 11.6 Å². The number of benzene rings is 1. The molecule has 0 saturated carbocycles. The van der Waals surface area contributed by atoms with Crippen molar-refractivity contribution in [3.05, 3.63) is 35.4 Å². The topological polar surface area (TPSA) is 29.1 Å². The van der Waals surface area contributed by atoms with Gasteiger partial charge >= 0.3 is 0 Å². The fraction of sp³-hybridized carbons (Fsp3) is 0.500. The molecule has 0 saturated heterocycles. The Bertz CT molecular complexity index is 437. The van der Waals surface area contributed by atoms with Gasteiger partial charge in [0.15, 0.2) is 0 Å². The summed E-state index contributed by atoms with van der Waals surface area (Å²) in [5, 5.41) is 2.35. The molecule has 0 aliphatic rings. The highest BCUT2D eigenvalue weighted by atomic mass is 35.5. The largest absolute Gasteiger partial charge is 0.351 e. The lowest BCUT2D eigenvalue weighted by Crippen LogP contribution is -2.31. The molecule has 19 heavy (non-hydrogen) atoms. The van der Waals surface area contributed by atoms with Crippen molar-refractivity contribution in [3.63, 3.8) is 0 Å². The van der Waals surface area contributed by atoms with Crippen molar-refractivity contribution in [2.75, 3.05) is 6.54 Å². The van der Waals surface area contributed by atoms with Crippen molar-refractivity contribution >= 4 is 17.5 Å². The van der Waals surface area contributed by atoms with E-state index in [0.717, 1.165) is 24.6 Å². The molecule has 0 heterocycles. The Kier molecular flexibility index (Phi) is 5.29. The molecule has 106 valence electrons. The SMILES string of the molecule is CC(C)(C)CC(Cl)CNC(=O)c1cc(F)cc(F)c1. The van der Waals surface area contributed by atoms with Gasteiger partial charge in [-0.05, 0) is 24.0 Å². The highest BCUT2D eigenvalue weighted by molar-refractivity contribution is 6.21. The molecule has 0 fully saturated rings. The molecule has 1 N–H and O–H groups in total. The van der Waals surface area contributed by atoms with E-state index in [-0.39, 0.29) is 22.9 Å². The molecule has 1 aromatic carbocycles. The minimum atomic E-state index is -0.776. The molecule has 0 spiro atoms. The number of hydrogen-bond acceptors (Lipinski definition) is 1. The molecule has 5 heteroatoms. The van der Waals surface area contributed by atoms with Crippen LogP contribution in [0.3, 0.4) is 0 Å². The Balaban J connectivity index is 2.56. The summed E-state index contributed by atoms with van der Waals surface area (Å²) in [7, 11) is 0. The van der Waals surface area contributed by atoms with Crippen LogP contribution in [0.4, 0.5) is 8.78 Å². The fourth-order valence-electron chi connectivity index (χ4n) is 1.73. The van der Waals surface area contributed by atoms with Gasteiger partial charge in [0, 0.05) is 18.2 Å². The molecule has 1 unspecified atom stereocenters. The molecule has 1 rings (SSSR count). The van der Waals surface area contributed by atoms with Gasteiger partial charge in [-0.3, -0.25) is 4.79 Å². The molecule has 1 atom stereocenters. The van der Waals surface area contributed by atoms with Crippen molar-refractivity contribution in [2.24, 2.45) is 5.41 Å². The molecule has 1 amide bonds. The van der Waals surface area contributed by atoms with E-state index in [9.17, 15) is 13.6 Å². The minimum absolute atomic E-state index is 0.0443. The number of alkyl halides is 1. The summed E-state index contributed by atoms with van der Waals surface area (Å²) in [6.45, 7) is 6.40. The summed E-state index contributed by atoms with van der Waals surface area (Å²) in [4.78, 5) is 11.7. The second-order valence-electron chi connectivity index (χ2n) is 5.73. The van der Waals surface area contributed by atoms with Crippen LogP contribution < -0.4 is 5.32 Å².